The van der Waals surface area contributed by atoms with E-state index in [1.54, 1.807) is 52.4 Å². The second kappa shape index (κ2) is 41.1. The molecule has 32 heteroatoms. The quantitative estimate of drug-likeness (QED) is 0.0644. The Morgan fingerprint density at radius 2 is 0.450 bits per heavy atom. The molecule has 12 aromatic carbocycles. The van der Waals surface area contributed by atoms with Crippen molar-refractivity contribution in [1.82, 2.24) is 78.2 Å². The van der Waals surface area contributed by atoms with E-state index in [9.17, 15) is 0 Å². The maximum Gasteiger partial charge on any atom is 2.00 e. The van der Waals surface area contributed by atoms with Gasteiger partial charge in [-0.2, -0.15) is 87.7 Å². The Labute approximate surface area is 861 Å². The molecule has 0 fully saturated rings. The fraction of sp³-hybridized carbons (Fsp3) is 0.111. The van der Waals surface area contributed by atoms with Crippen molar-refractivity contribution in [2.75, 3.05) is 19.6 Å². The third-order valence-corrected chi connectivity index (χ3v) is 22.9. The zero-order valence-electron chi connectivity index (χ0n) is 77.2. The van der Waals surface area contributed by atoms with Crippen LogP contribution in [-0.2, 0) is 141 Å². The van der Waals surface area contributed by atoms with Crippen molar-refractivity contribution in [3.63, 3.8) is 0 Å². The number of benzene rings is 12. The molecule has 24 aromatic rings. The van der Waals surface area contributed by atoms with Crippen LogP contribution >= 0.6 is 0 Å². The summed E-state index contributed by atoms with van der Waals surface area (Å²) in [7, 11) is 15.2. The van der Waals surface area contributed by atoms with Gasteiger partial charge in [-0.05, 0) is 144 Å². The maximum absolute atomic E-state index is 6.25. The van der Waals surface area contributed by atoms with Crippen molar-refractivity contribution < 1.29 is 121 Å². The van der Waals surface area contributed by atoms with Gasteiger partial charge >= 0.3 is 84.3 Å². The smallest absolute Gasteiger partial charge is 0.564 e. The Morgan fingerprint density at radius 3 is 0.679 bits per heavy atom. The van der Waals surface area contributed by atoms with Crippen LogP contribution in [0.25, 0.3) is 87.8 Å². The summed E-state index contributed by atoms with van der Waals surface area (Å²) in [5.74, 6) is 7.52. The van der Waals surface area contributed by atoms with Gasteiger partial charge in [-0.15, -0.1) is 117 Å². The van der Waals surface area contributed by atoms with E-state index in [-0.39, 0.29) is 84.3 Å². The van der Waals surface area contributed by atoms with Gasteiger partial charge in [0.15, 0.2) is 23.3 Å². The summed E-state index contributed by atoms with van der Waals surface area (Å²) < 4.78 is 61.7. The Hall–Kier alpha value is -15.3. The minimum absolute atomic E-state index is 0. The number of furan rings is 4. The molecule has 704 valence electrons. The zero-order valence-corrected chi connectivity index (χ0v) is 86.3. The van der Waals surface area contributed by atoms with Crippen LogP contribution in [0.15, 0.2) is 309 Å². The van der Waals surface area contributed by atoms with Gasteiger partial charge < -0.3 is 56.2 Å². The molecule has 0 unspecified atom stereocenters. The maximum atomic E-state index is 6.25. The van der Waals surface area contributed by atoms with Crippen molar-refractivity contribution in [3.05, 3.63) is 363 Å². The van der Waals surface area contributed by atoms with Crippen molar-refractivity contribution in [2.24, 2.45) is 56.4 Å². The number of ether oxygens (including phenoxy) is 4. The van der Waals surface area contributed by atoms with Crippen molar-refractivity contribution >= 4 is 157 Å². The summed E-state index contributed by atoms with van der Waals surface area (Å²) >= 11 is 0. The molecule has 0 aliphatic rings. The average molecular weight is 2570 g/mol. The van der Waals surface area contributed by atoms with Gasteiger partial charge in [-0.1, -0.05) is 97.1 Å². The molecule has 0 N–H and O–H groups in total. The fourth-order valence-corrected chi connectivity index (χ4v) is 15.9. The van der Waals surface area contributed by atoms with Crippen LogP contribution in [0, 0.1) is 76.2 Å². The van der Waals surface area contributed by atoms with Gasteiger partial charge in [0.2, 0.25) is 23.5 Å². The van der Waals surface area contributed by atoms with E-state index in [0.29, 0.717) is 68.9 Å². The van der Waals surface area contributed by atoms with Gasteiger partial charge in [0.1, 0.15) is 0 Å². The first-order valence-electron chi connectivity index (χ1n) is 43.6. The van der Waals surface area contributed by atoms with Crippen LogP contribution in [-0.4, -0.2) is 78.2 Å². The number of anilines is 12. The predicted octanol–water partition coefficient (Wildman–Crippen LogP) is 24.9. The van der Waals surface area contributed by atoms with E-state index < -0.39 is 0 Å². The number of hydrogen-bond acceptors (Lipinski definition) is 20. The SMILES string of the molecule is Cc1cc(N(c2[c-]c3c(cc2)oc2ccc(N(c4ccccc4)c4cc(C)n(C)n4)[c-]c23)c2ccccc2)nn1C.Cc1cc(Oc2[c-]c3c(cc2)oc2ccc(Oc4cc(C)n(C)n4)[c-]c23)nn1C.Cn1ccc(N(c2[c-]c3c(cc2)oc2ccc(N(c4ccccc4)c4ccn(C)n4)[c-]c23)c2ccccc2)n1.Cn1ccc(Oc2[c-]c3c(cc2)oc2ccc(Oc4ccn(C)n4)[c-]c23)n1.[Pt+2].[Pt+2].[Pt+2].[Pt+2]. The molecule has 0 aliphatic carbocycles. The molecule has 0 spiro atoms. The second-order valence-corrected chi connectivity index (χ2v) is 32.5. The fourth-order valence-electron chi connectivity index (χ4n) is 15.9. The average Bonchev–Trinajstić information content (AvgIpc) is 1.60. The Morgan fingerprint density at radius 1 is 0.221 bits per heavy atom. The molecule has 0 bridgehead atoms. The molecular formula is C108H84N20O8Pt4. The third-order valence-electron chi connectivity index (χ3n) is 22.9. The molecule has 12 heterocycles. The van der Waals surface area contributed by atoms with E-state index >= 15 is 0 Å². The van der Waals surface area contributed by atoms with Gasteiger partial charge in [0.25, 0.3) is 0 Å². The number of rotatable bonds is 20. The largest absolute Gasteiger partial charge is 2.00 e. The van der Waals surface area contributed by atoms with Crippen LogP contribution in [0.4, 0.5) is 68.8 Å². The van der Waals surface area contributed by atoms with Gasteiger partial charge in [0.05, 0.1) is 0 Å². The van der Waals surface area contributed by atoms with Crippen LogP contribution in [0.3, 0.4) is 0 Å². The monoisotopic (exact) mass is 2570 g/mol. The first-order valence-corrected chi connectivity index (χ1v) is 43.6. The minimum atomic E-state index is 0. The summed E-state index contributed by atoms with van der Waals surface area (Å²) in [4.78, 5) is 8.41. The van der Waals surface area contributed by atoms with E-state index in [1.807, 2.05) is 300 Å². The van der Waals surface area contributed by atoms with E-state index in [4.69, 9.17) is 46.8 Å². The van der Waals surface area contributed by atoms with Gasteiger partial charge in [0, 0.05) is 198 Å². The van der Waals surface area contributed by atoms with Gasteiger partial charge in [-0.25, -0.2) is 0 Å². The minimum Gasteiger partial charge on any atom is -0.564 e. The van der Waals surface area contributed by atoms with Crippen molar-refractivity contribution in [1.29, 1.82) is 0 Å². The van der Waals surface area contributed by atoms with Crippen LogP contribution < -0.4 is 38.5 Å². The molecule has 0 aliphatic heterocycles. The summed E-state index contributed by atoms with van der Waals surface area (Å²) in [6.45, 7) is 8.04. The number of aromatic nitrogens is 16. The summed E-state index contributed by atoms with van der Waals surface area (Å²) in [6.07, 6.45) is 7.51. The number of para-hydroxylation sites is 4. The Bertz CT molecular complexity index is 7940. The summed E-state index contributed by atoms with van der Waals surface area (Å²) in [5.41, 5.74) is 17.4. The second-order valence-electron chi connectivity index (χ2n) is 32.5. The molecule has 28 nitrogen and oxygen atoms in total. The van der Waals surface area contributed by atoms with E-state index in [1.165, 1.54) is 0 Å². The number of nitrogens with zero attached hydrogens (tertiary/aromatic N) is 20. The summed E-state index contributed by atoms with van der Waals surface area (Å²) in [5, 5.41) is 42.5. The number of aryl methyl sites for hydroxylation is 12. The molecule has 12 aromatic heterocycles. The predicted molar refractivity (Wildman–Crippen MR) is 523 cm³/mol. The molecule has 0 saturated carbocycles. The number of fused-ring (bicyclic) bond motifs is 12. The van der Waals surface area contributed by atoms with Crippen LogP contribution in [0.1, 0.15) is 22.8 Å². The molecule has 0 radical (unpaired) electrons. The zero-order chi connectivity index (χ0) is 92.9. The Balaban J connectivity index is 0.000000129. The first-order chi connectivity index (χ1) is 66.2. The van der Waals surface area contributed by atoms with Crippen LogP contribution in [0.5, 0.6) is 46.5 Å². The molecule has 140 heavy (non-hydrogen) atoms. The summed E-state index contributed by atoms with van der Waals surface area (Å²) in [6, 6.07) is 114. The molecule has 0 atom stereocenters. The normalized spacial score (nSPS) is 11.1. The van der Waals surface area contributed by atoms with Crippen molar-refractivity contribution in [3.8, 4) is 46.5 Å². The Kier molecular flexibility index (Phi) is 28.3. The third kappa shape index (κ3) is 20.1. The molecule has 24 rings (SSSR count). The molecular weight excluding hydrogens is 2490 g/mol. The molecule has 0 amide bonds. The van der Waals surface area contributed by atoms with Crippen LogP contribution in [0.2, 0.25) is 0 Å². The molecule has 0 saturated heterocycles. The number of hydrogen-bond donors (Lipinski definition) is 0. The van der Waals surface area contributed by atoms with Gasteiger partial charge in [-0.3, -0.25) is 37.5 Å². The standard InChI is InChI=1S/C34H28N6O.C32H24N6O.C22H18N4O3.C20H14N4O3.4Pt/c1-23-19-33(35-37(23)3)39(25-11-7-5-8-12-25)27-15-17-31-29(21-27)30-22-28(16-18-32(30)41-31)40(26-13-9-6-10-14-26)34-20-24(2)38(4)36-34;1-35-19-17-31(33-35)37(23-9-5-3-6-10-23)25-13-15-29-27(21-25)28-22-26(14-16-30(28)39-29)38(24-11-7-4-8-12-24)32-18-20-36(2)34-32;1-13-9-21(23-25(13)3)27-15-5-7-19-17(11-15)18-12-16(6-8-20(18)29-19)28-22-10-14(2)26(4)24-22;1-23-9-7-19(21-23)25-13-3-5-17-15(11-13)16-12-14(4-6-18(16)27-17)26-20-8-10-24(2)22-20;;;;/h5-20H,1-4H3;3-20H,1-2H3;5-10H,1-4H3;3-10H,1-2H3;;;;/q4*-2;4*+2. The van der Waals surface area contributed by atoms with E-state index in [0.717, 1.165) is 157 Å². The van der Waals surface area contributed by atoms with E-state index in [2.05, 4.69) is 159 Å². The first kappa shape index (κ1) is 96.4. The topological polar surface area (TPSA) is 245 Å². The van der Waals surface area contributed by atoms with Crippen molar-refractivity contribution in [2.45, 2.75) is 27.7 Å².